The number of alkyl halides is 3. The van der Waals surface area contributed by atoms with Crippen molar-refractivity contribution in [1.29, 1.82) is 0 Å². The third-order valence-corrected chi connectivity index (χ3v) is 6.47. The molecule has 0 bridgehead atoms. The average molecular weight is 476 g/mol. The Morgan fingerprint density at radius 3 is 2.35 bits per heavy atom. The molecule has 0 radical (unpaired) electrons. The summed E-state index contributed by atoms with van der Waals surface area (Å²) in [5.74, 6) is 0.903. The summed E-state index contributed by atoms with van der Waals surface area (Å²) >= 11 is 0. The fourth-order valence-corrected chi connectivity index (χ4v) is 5.30. The summed E-state index contributed by atoms with van der Waals surface area (Å²) in [5, 5.41) is 13.8. The predicted molar refractivity (Wildman–Crippen MR) is 127 cm³/mol. The van der Waals surface area contributed by atoms with Crippen LogP contribution in [0.5, 0.6) is 5.75 Å². The number of benzene rings is 2. The molecule has 3 aromatic rings. The standard InChI is InChI=1S/C26H32F3N3O2/c1-16-12-19(15-24(2,3)14-16)32-22-11-6-17(25(4,5)33)13-21(22)31-23(32)30-18-7-9-20(10-8-18)34-26(27,28)29/h6-11,13,16,19,33H,12,14-15H2,1-5H3,(H,30,31). The predicted octanol–water partition coefficient (Wildman–Crippen LogP) is 7.29. The van der Waals surface area contributed by atoms with Crippen molar-refractivity contribution < 1.29 is 23.0 Å². The molecule has 0 spiro atoms. The van der Waals surface area contributed by atoms with Gasteiger partial charge in [-0.3, -0.25) is 0 Å². The first kappa shape index (κ1) is 24.4. The normalized spacial score (nSPS) is 21.0. The van der Waals surface area contributed by atoms with E-state index in [-0.39, 0.29) is 17.2 Å². The second kappa shape index (κ2) is 8.48. The second-order valence-electron chi connectivity index (χ2n) is 10.8. The van der Waals surface area contributed by atoms with Crippen molar-refractivity contribution in [3.05, 3.63) is 48.0 Å². The minimum atomic E-state index is -4.73. The molecule has 1 aliphatic rings. The van der Waals surface area contributed by atoms with Crippen LogP contribution in [-0.2, 0) is 5.60 Å². The lowest BCUT2D eigenvalue weighted by molar-refractivity contribution is -0.274. The van der Waals surface area contributed by atoms with Crippen LogP contribution in [-0.4, -0.2) is 21.0 Å². The number of hydrogen-bond acceptors (Lipinski definition) is 4. The molecule has 2 aromatic carbocycles. The summed E-state index contributed by atoms with van der Waals surface area (Å²) in [4.78, 5) is 4.84. The molecule has 1 heterocycles. The van der Waals surface area contributed by atoms with E-state index in [1.807, 2.05) is 18.2 Å². The SMILES string of the molecule is CC1CC(n2c(Nc3ccc(OC(F)(F)F)cc3)nc3cc(C(C)(C)O)ccc32)CC(C)(C)C1. The Labute approximate surface area is 198 Å². The molecule has 184 valence electrons. The fraction of sp³-hybridized carbons (Fsp3) is 0.500. The van der Waals surface area contributed by atoms with E-state index in [1.54, 1.807) is 26.0 Å². The fourth-order valence-electron chi connectivity index (χ4n) is 5.30. The average Bonchev–Trinajstić information content (AvgIpc) is 3.03. The number of aromatic nitrogens is 2. The van der Waals surface area contributed by atoms with E-state index >= 15 is 0 Å². The summed E-state index contributed by atoms with van der Waals surface area (Å²) in [6.45, 7) is 10.3. The Hall–Kier alpha value is -2.74. The first-order chi connectivity index (χ1) is 15.7. The summed E-state index contributed by atoms with van der Waals surface area (Å²) in [6.07, 6.45) is -1.58. The molecular weight excluding hydrogens is 443 g/mol. The zero-order valence-corrected chi connectivity index (χ0v) is 20.2. The molecule has 8 heteroatoms. The number of ether oxygens (including phenoxy) is 1. The van der Waals surface area contributed by atoms with Gasteiger partial charge in [-0.1, -0.05) is 26.8 Å². The number of rotatable bonds is 5. The van der Waals surface area contributed by atoms with Crippen LogP contribution < -0.4 is 10.1 Å². The van der Waals surface area contributed by atoms with Gasteiger partial charge in [-0.05, 0) is 86.4 Å². The van der Waals surface area contributed by atoms with E-state index < -0.39 is 12.0 Å². The number of hydrogen-bond donors (Lipinski definition) is 2. The number of imidazole rings is 1. The maximum atomic E-state index is 12.5. The summed E-state index contributed by atoms with van der Waals surface area (Å²) in [6, 6.07) is 11.7. The van der Waals surface area contributed by atoms with Crippen molar-refractivity contribution in [2.45, 2.75) is 71.9 Å². The molecule has 1 saturated carbocycles. The van der Waals surface area contributed by atoms with Crippen LogP contribution in [0.25, 0.3) is 11.0 Å². The van der Waals surface area contributed by atoms with Gasteiger partial charge in [0.25, 0.3) is 0 Å². The molecule has 0 amide bonds. The number of halogens is 3. The number of nitrogens with one attached hydrogen (secondary N) is 1. The van der Waals surface area contributed by atoms with E-state index in [2.05, 4.69) is 35.4 Å². The van der Waals surface area contributed by atoms with Gasteiger partial charge in [-0.15, -0.1) is 13.2 Å². The van der Waals surface area contributed by atoms with Crippen molar-refractivity contribution in [1.82, 2.24) is 9.55 Å². The van der Waals surface area contributed by atoms with Crippen molar-refractivity contribution in [2.75, 3.05) is 5.32 Å². The Balaban J connectivity index is 1.74. The molecule has 1 aromatic heterocycles. The molecule has 1 aliphatic carbocycles. The van der Waals surface area contributed by atoms with Crippen LogP contribution in [0.2, 0.25) is 0 Å². The van der Waals surface area contributed by atoms with Crippen molar-refractivity contribution >= 4 is 22.7 Å². The van der Waals surface area contributed by atoms with Crippen LogP contribution in [0.1, 0.15) is 65.5 Å². The molecule has 2 atom stereocenters. The molecule has 2 unspecified atom stereocenters. The monoisotopic (exact) mass is 475 g/mol. The second-order valence-corrected chi connectivity index (χ2v) is 10.8. The lowest BCUT2D eigenvalue weighted by Gasteiger charge is -2.40. The van der Waals surface area contributed by atoms with Crippen molar-refractivity contribution in [2.24, 2.45) is 11.3 Å². The Bertz CT molecular complexity index is 1160. The highest BCUT2D eigenvalue weighted by Crippen LogP contribution is 2.46. The number of aliphatic hydroxyl groups is 1. The highest BCUT2D eigenvalue weighted by molar-refractivity contribution is 5.81. The highest BCUT2D eigenvalue weighted by Gasteiger charge is 2.35. The molecular formula is C26H32F3N3O2. The van der Waals surface area contributed by atoms with Crippen LogP contribution in [0.3, 0.4) is 0 Å². The van der Waals surface area contributed by atoms with Crippen LogP contribution in [0.4, 0.5) is 24.8 Å². The third-order valence-electron chi connectivity index (χ3n) is 6.47. The molecule has 34 heavy (non-hydrogen) atoms. The van der Waals surface area contributed by atoms with E-state index in [9.17, 15) is 18.3 Å². The van der Waals surface area contributed by atoms with E-state index in [1.165, 1.54) is 12.1 Å². The van der Waals surface area contributed by atoms with E-state index in [0.29, 0.717) is 17.6 Å². The first-order valence-electron chi connectivity index (χ1n) is 11.6. The van der Waals surface area contributed by atoms with Gasteiger partial charge in [0.2, 0.25) is 5.95 Å². The van der Waals surface area contributed by atoms with Gasteiger partial charge < -0.3 is 19.7 Å². The van der Waals surface area contributed by atoms with Crippen LogP contribution in [0, 0.1) is 11.3 Å². The topological polar surface area (TPSA) is 59.3 Å². The van der Waals surface area contributed by atoms with Crippen LogP contribution >= 0.6 is 0 Å². The molecule has 0 aliphatic heterocycles. The summed E-state index contributed by atoms with van der Waals surface area (Å²) in [5.41, 5.74) is 2.28. The Morgan fingerprint density at radius 2 is 1.76 bits per heavy atom. The van der Waals surface area contributed by atoms with Gasteiger partial charge in [0.15, 0.2) is 0 Å². The van der Waals surface area contributed by atoms with E-state index in [4.69, 9.17) is 4.98 Å². The largest absolute Gasteiger partial charge is 0.573 e. The Morgan fingerprint density at radius 1 is 1.09 bits per heavy atom. The molecule has 2 N–H and O–H groups in total. The lowest BCUT2D eigenvalue weighted by Crippen LogP contribution is -2.29. The van der Waals surface area contributed by atoms with Gasteiger partial charge in [-0.2, -0.15) is 0 Å². The van der Waals surface area contributed by atoms with Gasteiger partial charge in [0.05, 0.1) is 16.6 Å². The van der Waals surface area contributed by atoms with Gasteiger partial charge >= 0.3 is 6.36 Å². The minimum absolute atomic E-state index is 0.180. The maximum Gasteiger partial charge on any atom is 0.573 e. The third kappa shape index (κ3) is 5.49. The summed E-state index contributed by atoms with van der Waals surface area (Å²) in [7, 11) is 0. The van der Waals surface area contributed by atoms with Crippen LogP contribution in [0.15, 0.2) is 42.5 Å². The first-order valence-corrected chi connectivity index (χ1v) is 11.6. The number of anilines is 2. The van der Waals surface area contributed by atoms with E-state index in [0.717, 1.165) is 35.9 Å². The van der Waals surface area contributed by atoms with Gasteiger partial charge in [0.1, 0.15) is 5.75 Å². The quantitative estimate of drug-likeness (QED) is 0.407. The Kier molecular flexibility index (Phi) is 6.09. The summed E-state index contributed by atoms with van der Waals surface area (Å²) < 4.78 is 43.7. The number of nitrogens with zero attached hydrogens (tertiary/aromatic N) is 2. The molecule has 0 saturated heterocycles. The minimum Gasteiger partial charge on any atom is -0.406 e. The van der Waals surface area contributed by atoms with Crippen molar-refractivity contribution in [3.8, 4) is 5.75 Å². The molecule has 1 fully saturated rings. The zero-order valence-electron chi connectivity index (χ0n) is 20.2. The molecule has 4 rings (SSSR count). The lowest BCUT2D eigenvalue weighted by atomic mass is 9.70. The number of fused-ring (bicyclic) bond motifs is 1. The van der Waals surface area contributed by atoms with Gasteiger partial charge in [0, 0.05) is 11.7 Å². The highest BCUT2D eigenvalue weighted by atomic mass is 19.4. The maximum absolute atomic E-state index is 12.5. The van der Waals surface area contributed by atoms with Gasteiger partial charge in [-0.25, -0.2) is 4.98 Å². The zero-order chi connectivity index (χ0) is 24.9. The molecule has 5 nitrogen and oxygen atoms in total. The smallest absolute Gasteiger partial charge is 0.406 e. The van der Waals surface area contributed by atoms with Crippen molar-refractivity contribution in [3.63, 3.8) is 0 Å².